The fraction of sp³-hybridized carbons (Fsp3) is 0.583. The quantitative estimate of drug-likeness (QED) is 0.477. The Morgan fingerprint density at radius 1 is 1.50 bits per heavy atom. The van der Waals surface area contributed by atoms with E-state index in [1.54, 1.807) is 0 Å². The van der Waals surface area contributed by atoms with Crippen LogP contribution in [0.1, 0.15) is 45.1 Å². The van der Waals surface area contributed by atoms with Gasteiger partial charge in [0.2, 0.25) is 0 Å². The van der Waals surface area contributed by atoms with Crippen molar-refractivity contribution in [2.24, 2.45) is 0 Å². The molecule has 14 heavy (non-hydrogen) atoms. The number of allylic oxidation sites excluding steroid dienone is 1. The highest BCUT2D eigenvalue weighted by molar-refractivity contribution is 4.84. The number of imidazole rings is 1. The molecule has 0 bridgehead atoms. The Bertz CT molecular complexity index is 239. The van der Waals surface area contributed by atoms with E-state index in [0.717, 1.165) is 6.42 Å². The molecule has 1 aromatic heterocycles. The third kappa shape index (κ3) is 3.36. The number of unbranched alkanes of at least 4 members (excludes halogenated alkanes) is 2. The van der Waals surface area contributed by atoms with E-state index in [1.165, 1.54) is 25.7 Å². The SMILES string of the molecule is C=CCC(CCCCC)n1ccnc1. The van der Waals surface area contributed by atoms with Crippen molar-refractivity contribution in [2.75, 3.05) is 0 Å². The van der Waals surface area contributed by atoms with Crippen molar-refractivity contribution >= 4 is 0 Å². The molecule has 0 saturated carbocycles. The molecule has 1 heterocycles. The van der Waals surface area contributed by atoms with Gasteiger partial charge in [0.25, 0.3) is 0 Å². The van der Waals surface area contributed by atoms with Gasteiger partial charge in [-0.3, -0.25) is 0 Å². The van der Waals surface area contributed by atoms with Crippen molar-refractivity contribution in [3.05, 3.63) is 31.4 Å². The molecule has 0 aliphatic heterocycles. The maximum Gasteiger partial charge on any atom is 0.0948 e. The first-order valence-electron chi connectivity index (χ1n) is 5.46. The minimum Gasteiger partial charge on any atom is -0.334 e. The predicted octanol–water partition coefficient (Wildman–Crippen LogP) is 3.58. The van der Waals surface area contributed by atoms with Crippen molar-refractivity contribution < 1.29 is 0 Å². The highest BCUT2D eigenvalue weighted by Gasteiger charge is 2.07. The molecule has 0 spiro atoms. The molecule has 0 radical (unpaired) electrons. The van der Waals surface area contributed by atoms with E-state index >= 15 is 0 Å². The molecule has 0 aromatic carbocycles. The Kier molecular flexibility index (Phi) is 5.05. The molecule has 78 valence electrons. The number of aromatic nitrogens is 2. The van der Waals surface area contributed by atoms with Gasteiger partial charge in [0, 0.05) is 18.4 Å². The van der Waals surface area contributed by atoms with Crippen LogP contribution in [0.15, 0.2) is 31.4 Å². The van der Waals surface area contributed by atoms with Gasteiger partial charge in [-0.2, -0.15) is 0 Å². The zero-order chi connectivity index (χ0) is 10.2. The summed E-state index contributed by atoms with van der Waals surface area (Å²) >= 11 is 0. The Labute approximate surface area is 86.7 Å². The van der Waals surface area contributed by atoms with Crippen LogP contribution in [0.5, 0.6) is 0 Å². The third-order valence-electron chi connectivity index (χ3n) is 2.53. The van der Waals surface area contributed by atoms with Crippen LogP contribution in [0.25, 0.3) is 0 Å². The minimum atomic E-state index is 0.557. The molecule has 2 nitrogen and oxygen atoms in total. The average Bonchev–Trinajstić information content (AvgIpc) is 2.70. The van der Waals surface area contributed by atoms with Crippen LogP contribution in [0, 0.1) is 0 Å². The second-order valence-electron chi connectivity index (χ2n) is 3.68. The van der Waals surface area contributed by atoms with E-state index in [2.05, 4.69) is 23.1 Å². The van der Waals surface area contributed by atoms with Gasteiger partial charge in [-0.1, -0.05) is 32.3 Å². The summed E-state index contributed by atoms with van der Waals surface area (Å²) < 4.78 is 2.19. The van der Waals surface area contributed by atoms with Crippen LogP contribution in [0.3, 0.4) is 0 Å². The number of rotatable bonds is 7. The van der Waals surface area contributed by atoms with E-state index in [1.807, 2.05) is 24.8 Å². The molecule has 1 atom stereocenters. The van der Waals surface area contributed by atoms with Crippen molar-refractivity contribution in [2.45, 2.75) is 45.1 Å². The fourth-order valence-electron chi connectivity index (χ4n) is 1.70. The Hall–Kier alpha value is -1.05. The van der Waals surface area contributed by atoms with Crippen molar-refractivity contribution in [1.82, 2.24) is 9.55 Å². The summed E-state index contributed by atoms with van der Waals surface area (Å²) in [6.07, 6.45) is 14.0. The van der Waals surface area contributed by atoms with Crippen LogP contribution in [0.2, 0.25) is 0 Å². The molecule has 0 amide bonds. The van der Waals surface area contributed by atoms with Crippen LogP contribution in [0.4, 0.5) is 0 Å². The molecule has 1 aromatic rings. The van der Waals surface area contributed by atoms with Gasteiger partial charge < -0.3 is 4.57 Å². The Morgan fingerprint density at radius 3 is 2.93 bits per heavy atom. The lowest BCUT2D eigenvalue weighted by Crippen LogP contribution is -2.05. The molecule has 0 aliphatic carbocycles. The zero-order valence-electron chi connectivity index (χ0n) is 9.02. The Morgan fingerprint density at radius 2 is 2.36 bits per heavy atom. The average molecular weight is 192 g/mol. The van der Waals surface area contributed by atoms with Crippen molar-refractivity contribution in [3.63, 3.8) is 0 Å². The van der Waals surface area contributed by atoms with Gasteiger partial charge in [0.1, 0.15) is 0 Å². The molecule has 2 heteroatoms. The third-order valence-corrected chi connectivity index (χ3v) is 2.53. The van der Waals surface area contributed by atoms with Gasteiger partial charge >= 0.3 is 0 Å². The van der Waals surface area contributed by atoms with Crippen molar-refractivity contribution in [1.29, 1.82) is 0 Å². The summed E-state index contributed by atoms with van der Waals surface area (Å²) in [4.78, 5) is 4.08. The molecular weight excluding hydrogens is 172 g/mol. The lowest BCUT2D eigenvalue weighted by molar-refractivity contribution is 0.447. The zero-order valence-corrected chi connectivity index (χ0v) is 9.02. The summed E-state index contributed by atoms with van der Waals surface area (Å²) in [6, 6.07) is 0.557. The molecule has 1 unspecified atom stereocenters. The fourth-order valence-corrected chi connectivity index (χ4v) is 1.70. The second-order valence-corrected chi connectivity index (χ2v) is 3.68. The smallest absolute Gasteiger partial charge is 0.0948 e. The highest BCUT2D eigenvalue weighted by Crippen LogP contribution is 2.19. The predicted molar refractivity (Wildman–Crippen MR) is 60.2 cm³/mol. The van der Waals surface area contributed by atoms with Gasteiger partial charge in [-0.15, -0.1) is 6.58 Å². The van der Waals surface area contributed by atoms with Gasteiger partial charge in [-0.25, -0.2) is 4.98 Å². The summed E-state index contributed by atoms with van der Waals surface area (Å²) in [6.45, 7) is 6.04. The first-order chi connectivity index (χ1) is 6.88. The number of hydrogen-bond donors (Lipinski definition) is 0. The van der Waals surface area contributed by atoms with Crippen molar-refractivity contribution in [3.8, 4) is 0 Å². The van der Waals surface area contributed by atoms with E-state index in [0.29, 0.717) is 6.04 Å². The van der Waals surface area contributed by atoms with Gasteiger partial charge in [0.05, 0.1) is 6.33 Å². The number of hydrogen-bond acceptors (Lipinski definition) is 1. The number of nitrogens with zero attached hydrogens (tertiary/aromatic N) is 2. The summed E-state index contributed by atoms with van der Waals surface area (Å²) in [5, 5.41) is 0. The van der Waals surface area contributed by atoms with E-state index in [-0.39, 0.29) is 0 Å². The maximum absolute atomic E-state index is 4.08. The molecule has 0 N–H and O–H groups in total. The molecule has 1 rings (SSSR count). The summed E-state index contributed by atoms with van der Waals surface area (Å²) in [5.41, 5.74) is 0. The van der Waals surface area contributed by atoms with Gasteiger partial charge in [-0.05, 0) is 12.8 Å². The first-order valence-corrected chi connectivity index (χ1v) is 5.46. The standard InChI is InChI=1S/C12H20N2/c1-3-5-6-8-12(7-4-2)14-10-9-13-11-14/h4,9-12H,2-3,5-8H2,1H3. The van der Waals surface area contributed by atoms with Crippen LogP contribution in [-0.2, 0) is 0 Å². The van der Waals surface area contributed by atoms with E-state index < -0.39 is 0 Å². The largest absolute Gasteiger partial charge is 0.334 e. The second kappa shape index (κ2) is 6.41. The monoisotopic (exact) mass is 192 g/mol. The van der Waals surface area contributed by atoms with Gasteiger partial charge in [0.15, 0.2) is 0 Å². The normalized spacial score (nSPS) is 12.6. The highest BCUT2D eigenvalue weighted by atomic mass is 15.0. The molecular formula is C12H20N2. The Balaban J connectivity index is 2.43. The summed E-state index contributed by atoms with van der Waals surface area (Å²) in [5.74, 6) is 0. The molecule has 0 aliphatic rings. The van der Waals surface area contributed by atoms with Crippen LogP contribution < -0.4 is 0 Å². The van der Waals surface area contributed by atoms with E-state index in [9.17, 15) is 0 Å². The van der Waals surface area contributed by atoms with E-state index in [4.69, 9.17) is 0 Å². The van der Waals surface area contributed by atoms with Crippen LogP contribution >= 0.6 is 0 Å². The minimum absolute atomic E-state index is 0.557. The lowest BCUT2D eigenvalue weighted by Gasteiger charge is -2.16. The van der Waals surface area contributed by atoms with Crippen LogP contribution in [-0.4, -0.2) is 9.55 Å². The molecule has 0 saturated heterocycles. The molecule has 0 fully saturated rings. The first kappa shape index (κ1) is 11.0. The topological polar surface area (TPSA) is 17.8 Å². The summed E-state index contributed by atoms with van der Waals surface area (Å²) in [7, 11) is 0. The maximum atomic E-state index is 4.08. The lowest BCUT2D eigenvalue weighted by atomic mass is 10.1.